The predicted molar refractivity (Wildman–Crippen MR) is 96.1 cm³/mol. The lowest BCUT2D eigenvalue weighted by Crippen LogP contribution is -2.30. The fraction of sp³-hybridized carbons (Fsp3) is 0.375. The summed E-state index contributed by atoms with van der Waals surface area (Å²) in [5.41, 5.74) is 2.01. The summed E-state index contributed by atoms with van der Waals surface area (Å²) in [7, 11) is 0. The molecule has 1 aromatic carbocycles. The van der Waals surface area contributed by atoms with Crippen molar-refractivity contribution in [2.75, 3.05) is 11.5 Å². The van der Waals surface area contributed by atoms with Gasteiger partial charge in [-0.25, -0.2) is 14.3 Å². The molecule has 1 atom stereocenters. The van der Waals surface area contributed by atoms with Crippen LogP contribution in [0.25, 0.3) is 5.69 Å². The summed E-state index contributed by atoms with van der Waals surface area (Å²) in [4.78, 5) is 3.99. The Morgan fingerprint density at radius 1 is 1.36 bits per heavy atom. The summed E-state index contributed by atoms with van der Waals surface area (Å²) in [6.45, 7) is 0.534. The standard InChI is InChI=1S/C16H17ClN6OS/c17-13-2-1-12(15(5-13)23-11-18-10-19-23)7-22-8-14(20-21-22)6-16(24)3-4-25-9-16/h1-2,5,8,10-11,24H,3-4,6-7,9H2. The van der Waals surface area contributed by atoms with Crippen LogP contribution in [0, 0.1) is 0 Å². The summed E-state index contributed by atoms with van der Waals surface area (Å²) in [5.74, 6) is 1.75. The van der Waals surface area contributed by atoms with Crippen LogP contribution in [0.15, 0.2) is 37.1 Å². The van der Waals surface area contributed by atoms with E-state index in [9.17, 15) is 5.11 Å². The maximum atomic E-state index is 10.5. The molecule has 0 radical (unpaired) electrons. The van der Waals surface area contributed by atoms with Gasteiger partial charge in [0.1, 0.15) is 12.7 Å². The molecule has 0 bridgehead atoms. The third kappa shape index (κ3) is 3.70. The van der Waals surface area contributed by atoms with Gasteiger partial charge in [-0.05, 0) is 29.9 Å². The molecule has 9 heteroatoms. The van der Waals surface area contributed by atoms with Gasteiger partial charge >= 0.3 is 0 Å². The van der Waals surface area contributed by atoms with Crippen LogP contribution < -0.4 is 0 Å². The van der Waals surface area contributed by atoms with Gasteiger partial charge < -0.3 is 5.11 Å². The molecule has 1 unspecified atom stereocenters. The zero-order valence-corrected chi connectivity index (χ0v) is 15.0. The molecule has 3 aromatic rings. The van der Waals surface area contributed by atoms with E-state index >= 15 is 0 Å². The summed E-state index contributed by atoms with van der Waals surface area (Å²) < 4.78 is 3.45. The number of aromatic nitrogens is 6. The molecule has 0 spiro atoms. The third-order valence-corrected chi connectivity index (χ3v) is 5.69. The normalized spacial score (nSPS) is 20.2. The van der Waals surface area contributed by atoms with Gasteiger partial charge in [-0.3, -0.25) is 0 Å². The Kier molecular flexibility index (Phi) is 4.49. The van der Waals surface area contributed by atoms with E-state index in [4.69, 9.17) is 11.6 Å². The van der Waals surface area contributed by atoms with Crippen LogP contribution in [0.2, 0.25) is 5.02 Å². The average molecular weight is 377 g/mol. The SMILES string of the molecule is OC1(Cc2cn(Cc3ccc(Cl)cc3-n3cncn3)nn2)CCSC1. The highest BCUT2D eigenvalue weighted by atomic mass is 35.5. The van der Waals surface area contributed by atoms with Crippen molar-refractivity contribution in [3.63, 3.8) is 0 Å². The molecule has 2 aromatic heterocycles. The molecular formula is C16H17ClN6OS. The highest BCUT2D eigenvalue weighted by Crippen LogP contribution is 2.30. The van der Waals surface area contributed by atoms with Gasteiger partial charge in [0.05, 0.1) is 23.5 Å². The number of nitrogens with zero attached hydrogens (tertiary/aromatic N) is 6. The zero-order valence-electron chi connectivity index (χ0n) is 13.4. The molecule has 1 saturated heterocycles. The number of aliphatic hydroxyl groups is 1. The molecule has 25 heavy (non-hydrogen) atoms. The number of benzene rings is 1. The molecular weight excluding hydrogens is 360 g/mol. The highest BCUT2D eigenvalue weighted by molar-refractivity contribution is 7.99. The largest absolute Gasteiger partial charge is 0.389 e. The smallest absolute Gasteiger partial charge is 0.138 e. The Morgan fingerprint density at radius 2 is 2.28 bits per heavy atom. The summed E-state index contributed by atoms with van der Waals surface area (Å²) in [5, 5.41) is 23.7. The second-order valence-electron chi connectivity index (χ2n) is 6.22. The summed E-state index contributed by atoms with van der Waals surface area (Å²) in [6.07, 6.45) is 6.35. The van der Waals surface area contributed by atoms with Crippen molar-refractivity contribution in [1.29, 1.82) is 0 Å². The third-order valence-electron chi connectivity index (χ3n) is 4.22. The van der Waals surface area contributed by atoms with Gasteiger partial charge in [0.25, 0.3) is 0 Å². The molecule has 1 fully saturated rings. The number of hydrogen-bond acceptors (Lipinski definition) is 6. The van der Waals surface area contributed by atoms with Gasteiger partial charge in [0, 0.05) is 23.4 Å². The van der Waals surface area contributed by atoms with Crippen molar-refractivity contribution in [2.24, 2.45) is 0 Å². The molecule has 4 rings (SSSR count). The Bertz CT molecular complexity index is 859. The number of rotatable bonds is 5. The first-order valence-electron chi connectivity index (χ1n) is 7.94. The Morgan fingerprint density at radius 3 is 3.04 bits per heavy atom. The molecule has 0 amide bonds. The second kappa shape index (κ2) is 6.78. The molecule has 7 nitrogen and oxygen atoms in total. The minimum Gasteiger partial charge on any atom is -0.389 e. The lowest BCUT2D eigenvalue weighted by atomic mass is 9.98. The first-order valence-corrected chi connectivity index (χ1v) is 9.47. The van der Waals surface area contributed by atoms with Crippen LogP contribution in [-0.4, -0.2) is 52.0 Å². The number of halogens is 1. The van der Waals surface area contributed by atoms with E-state index in [0.717, 1.165) is 34.9 Å². The van der Waals surface area contributed by atoms with Gasteiger partial charge in [-0.15, -0.1) is 5.10 Å². The van der Waals surface area contributed by atoms with Gasteiger partial charge in [-0.2, -0.15) is 16.9 Å². The van der Waals surface area contributed by atoms with Gasteiger partial charge in [0.15, 0.2) is 0 Å². The van der Waals surface area contributed by atoms with E-state index in [0.29, 0.717) is 18.0 Å². The zero-order chi connectivity index (χ0) is 17.3. The number of hydrogen-bond donors (Lipinski definition) is 1. The van der Waals surface area contributed by atoms with E-state index in [1.165, 1.54) is 6.33 Å². The first kappa shape index (κ1) is 16.6. The lowest BCUT2D eigenvalue weighted by Gasteiger charge is -2.18. The molecule has 0 aliphatic carbocycles. The van der Waals surface area contributed by atoms with E-state index in [2.05, 4.69) is 20.4 Å². The first-order chi connectivity index (χ1) is 12.1. The summed E-state index contributed by atoms with van der Waals surface area (Å²) in [6, 6.07) is 5.64. The van der Waals surface area contributed by atoms with Gasteiger partial charge in [-0.1, -0.05) is 22.9 Å². The van der Waals surface area contributed by atoms with Crippen molar-refractivity contribution < 1.29 is 5.11 Å². The molecule has 1 aliphatic heterocycles. The van der Waals surface area contributed by atoms with Crippen LogP contribution in [0.5, 0.6) is 0 Å². The van der Waals surface area contributed by atoms with Crippen LogP contribution in [0.3, 0.4) is 0 Å². The monoisotopic (exact) mass is 376 g/mol. The maximum Gasteiger partial charge on any atom is 0.138 e. The fourth-order valence-electron chi connectivity index (χ4n) is 2.96. The highest BCUT2D eigenvalue weighted by Gasteiger charge is 2.32. The van der Waals surface area contributed by atoms with Crippen LogP contribution >= 0.6 is 23.4 Å². The quantitative estimate of drug-likeness (QED) is 0.733. The minimum atomic E-state index is -0.655. The Labute approximate surface area is 154 Å². The molecule has 130 valence electrons. The molecule has 1 N–H and O–H groups in total. The average Bonchev–Trinajstić information content (AvgIpc) is 3.32. The predicted octanol–water partition coefficient (Wildman–Crippen LogP) is 1.97. The van der Waals surface area contributed by atoms with E-state index in [1.807, 2.05) is 24.4 Å². The van der Waals surface area contributed by atoms with Crippen molar-refractivity contribution in [3.05, 3.63) is 53.3 Å². The summed E-state index contributed by atoms with van der Waals surface area (Å²) >= 11 is 7.90. The minimum absolute atomic E-state index is 0.534. The second-order valence-corrected chi connectivity index (χ2v) is 7.77. The van der Waals surface area contributed by atoms with Crippen molar-refractivity contribution in [2.45, 2.75) is 25.0 Å². The fourth-order valence-corrected chi connectivity index (χ4v) is 4.42. The molecule has 1 aliphatic rings. The molecule has 3 heterocycles. The van der Waals surface area contributed by atoms with Crippen LogP contribution in [0.1, 0.15) is 17.7 Å². The van der Waals surface area contributed by atoms with Crippen molar-refractivity contribution in [1.82, 2.24) is 29.8 Å². The van der Waals surface area contributed by atoms with Gasteiger partial charge in [0.2, 0.25) is 0 Å². The maximum absolute atomic E-state index is 10.5. The lowest BCUT2D eigenvalue weighted by molar-refractivity contribution is 0.0676. The topological polar surface area (TPSA) is 81.7 Å². The van der Waals surface area contributed by atoms with Crippen LogP contribution in [-0.2, 0) is 13.0 Å². The van der Waals surface area contributed by atoms with Crippen molar-refractivity contribution in [3.8, 4) is 5.69 Å². The van der Waals surface area contributed by atoms with Crippen molar-refractivity contribution >= 4 is 23.4 Å². The van der Waals surface area contributed by atoms with Crippen LogP contribution in [0.4, 0.5) is 0 Å². The van der Waals surface area contributed by atoms with E-state index in [1.54, 1.807) is 27.5 Å². The Balaban J connectivity index is 1.55. The number of thioether (sulfide) groups is 1. The van der Waals surface area contributed by atoms with E-state index in [-0.39, 0.29) is 0 Å². The Hall–Kier alpha value is -1.90. The van der Waals surface area contributed by atoms with E-state index < -0.39 is 5.60 Å². The molecule has 0 saturated carbocycles.